The van der Waals surface area contributed by atoms with E-state index < -0.39 is 0 Å². The fourth-order valence-corrected chi connectivity index (χ4v) is 2.61. The number of nitrogens with one attached hydrogen (secondary N) is 2. The molecule has 25 heavy (non-hydrogen) atoms. The molecule has 0 radical (unpaired) electrons. The average molecular weight is 355 g/mol. The third kappa shape index (κ3) is 11.9. The summed E-state index contributed by atoms with van der Waals surface area (Å²) in [5, 5.41) is 6.24. The quantitative estimate of drug-likeness (QED) is 0.470. The van der Waals surface area contributed by atoms with Crippen molar-refractivity contribution in [2.75, 3.05) is 6.54 Å². The Balaban J connectivity index is 3.92. The van der Waals surface area contributed by atoms with Gasteiger partial charge in [0.2, 0.25) is 5.91 Å². The summed E-state index contributed by atoms with van der Waals surface area (Å²) in [6, 6.07) is 0.179. The maximum Gasteiger partial charge on any atom is 0.220 e. The molecule has 5 nitrogen and oxygen atoms in total. The van der Waals surface area contributed by atoms with Crippen LogP contribution in [0.4, 0.5) is 0 Å². The maximum absolute atomic E-state index is 12.2. The zero-order chi connectivity index (χ0) is 19.4. The van der Waals surface area contributed by atoms with E-state index in [2.05, 4.69) is 10.6 Å². The van der Waals surface area contributed by atoms with Crippen LogP contribution in [0, 0.1) is 11.8 Å². The lowest BCUT2D eigenvalue weighted by molar-refractivity contribution is -0.125. The van der Waals surface area contributed by atoms with Gasteiger partial charge in [-0.05, 0) is 25.7 Å². The summed E-state index contributed by atoms with van der Waals surface area (Å²) in [6.07, 6.45) is 4.06. The number of hydrogen-bond donors (Lipinski definition) is 2. The summed E-state index contributed by atoms with van der Waals surface area (Å²) in [5.41, 5.74) is 0. The molecule has 1 atom stereocenters. The van der Waals surface area contributed by atoms with Gasteiger partial charge in [-0.1, -0.05) is 41.5 Å². The first-order chi connectivity index (χ1) is 11.6. The van der Waals surface area contributed by atoms with Crippen LogP contribution in [0.1, 0.15) is 80.1 Å². The fourth-order valence-electron chi connectivity index (χ4n) is 2.61. The van der Waals surface area contributed by atoms with Crippen molar-refractivity contribution in [1.82, 2.24) is 10.6 Å². The molecular formula is C20H38N2O3. The summed E-state index contributed by atoms with van der Waals surface area (Å²) < 4.78 is 0. The van der Waals surface area contributed by atoms with Crippen LogP contribution in [-0.4, -0.2) is 36.1 Å². The Morgan fingerprint density at radius 1 is 0.800 bits per heavy atom. The Bertz CT molecular complexity index is 417. The first-order valence-electron chi connectivity index (χ1n) is 9.74. The summed E-state index contributed by atoms with van der Waals surface area (Å²) in [6.45, 7) is 12.3. The predicted molar refractivity (Wildman–Crippen MR) is 102 cm³/mol. The number of Topliss-reactive ketones (excluding diaryl/α,β-unsaturated/α-hetero) is 2. The summed E-state index contributed by atoms with van der Waals surface area (Å²) in [4.78, 5) is 35.5. The van der Waals surface area contributed by atoms with Crippen LogP contribution in [0.25, 0.3) is 0 Å². The minimum absolute atomic E-state index is 0.00617. The Morgan fingerprint density at radius 3 is 1.96 bits per heavy atom. The molecule has 146 valence electrons. The van der Waals surface area contributed by atoms with Gasteiger partial charge in [0.05, 0.1) is 6.04 Å². The number of carbonyl (C=O) groups is 3. The molecule has 0 rings (SSSR count). The van der Waals surface area contributed by atoms with Crippen LogP contribution in [-0.2, 0) is 14.4 Å². The zero-order valence-electron chi connectivity index (χ0n) is 17.0. The highest BCUT2D eigenvalue weighted by atomic mass is 16.1. The number of carbonyl (C=O) groups excluding carboxylic acids is 3. The molecule has 0 saturated heterocycles. The Kier molecular flexibility index (Phi) is 12.4. The highest BCUT2D eigenvalue weighted by molar-refractivity contribution is 5.85. The van der Waals surface area contributed by atoms with Gasteiger partial charge in [-0.25, -0.2) is 0 Å². The molecule has 0 aromatic rings. The van der Waals surface area contributed by atoms with Gasteiger partial charge in [-0.2, -0.15) is 0 Å². The van der Waals surface area contributed by atoms with Gasteiger partial charge in [-0.15, -0.1) is 0 Å². The third-order valence-electron chi connectivity index (χ3n) is 4.16. The number of ketones is 2. The van der Waals surface area contributed by atoms with E-state index in [4.69, 9.17) is 0 Å². The van der Waals surface area contributed by atoms with Crippen molar-refractivity contribution >= 4 is 17.5 Å². The van der Waals surface area contributed by atoms with Crippen LogP contribution < -0.4 is 10.6 Å². The second-order valence-corrected chi connectivity index (χ2v) is 7.75. The molecule has 0 aromatic carbocycles. The second-order valence-electron chi connectivity index (χ2n) is 7.75. The van der Waals surface area contributed by atoms with Gasteiger partial charge in [0, 0.05) is 37.3 Å². The van der Waals surface area contributed by atoms with E-state index in [1.165, 1.54) is 0 Å². The van der Waals surface area contributed by atoms with Crippen molar-refractivity contribution in [3.63, 3.8) is 0 Å². The van der Waals surface area contributed by atoms with Gasteiger partial charge in [0.25, 0.3) is 0 Å². The monoisotopic (exact) mass is 354 g/mol. The van der Waals surface area contributed by atoms with E-state index in [1.54, 1.807) is 0 Å². The van der Waals surface area contributed by atoms with Crippen molar-refractivity contribution in [2.24, 2.45) is 11.8 Å². The standard InChI is InChI=1S/C20H38N2O3/c1-14(2)18(23)11-9-12-19(24)21-13-8-7-10-17(22-16(5)6)20(25)15(3)4/h14-17,22H,7-13H2,1-6H3,(H,21,24)/t17-/m1/s1. The lowest BCUT2D eigenvalue weighted by atomic mass is 9.96. The first kappa shape index (κ1) is 23.8. The molecular weight excluding hydrogens is 316 g/mol. The largest absolute Gasteiger partial charge is 0.356 e. The molecule has 0 saturated carbocycles. The molecule has 0 aliphatic carbocycles. The lowest BCUT2D eigenvalue weighted by Crippen LogP contribution is -2.42. The number of hydrogen-bond acceptors (Lipinski definition) is 4. The van der Waals surface area contributed by atoms with Crippen molar-refractivity contribution in [2.45, 2.75) is 92.2 Å². The molecule has 1 amide bonds. The minimum Gasteiger partial charge on any atom is -0.356 e. The smallest absolute Gasteiger partial charge is 0.220 e. The molecule has 0 unspecified atom stereocenters. The van der Waals surface area contributed by atoms with E-state index in [9.17, 15) is 14.4 Å². The van der Waals surface area contributed by atoms with E-state index in [0.717, 1.165) is 19.3 Å². The fraction of sp³-hybridized carbons (Fsp3) is 0.850. The van der Waals surface area contributed by atoms with Crippen LogP contribution >= 0.6 is 0 Å². The van der Waals surface area contributed by atoms with Gasteiger partial charge < -0.3 is 10.6 Å². The minimum atomic E-state index is -0.0993. The Morgan fingerprint density at radius 2 is 1.44 bits per heavy atom. The van der Waals surface area contributed by atoms with Crippen LogP contribution in [0.3, 0.4) is 0 Å². The van der Waals surface area contributed by atoms with Crippen molar-refractivity contribution in [3.05, 3.63) is 0 Å². The normalized spacial score (nSPS) is 12.7. The SMILES string of the molecule is CC(C)N[C@H](CCCCNC(=O)CCCC(=O)C(C)C)C(=O)C(C)C. The van der Waals surface area contributed by atoms with Crippen molar-refractivity contribution in [3.8, 4) is 0 Å². The summed E-state index contributed by atoms with van der Waals surface area (Å²) in [5.74, 6) is 0.555. The van der Waals surface area contributed by atoms with Gasteiger partial charge >= 0.3 is 0 Å². The molecule has 5 heteroatoms. The molecule has 0 bridgehead atoms. The molecule has 0 aliphatic rings. The lowest BCUT2D eigenvalue weighted by Gasteiger charge is -2.22. The van der Waals surface area contributed by atoms with Crippen LogP contribution in [0.2, 0.25) is 0 Å². The molecule has 0 spiro atoms. The van der Waals surface area contributed by atoms with Gasteiger partial charge in [-0.3, -0.25) is 14.4 Å². The van der Waals surface area contributed by atoms with E-state index in [1.807, 2.05) is 41.5 Å². The average Bonchev–Trinajstić information content (AvgIpc) is 2.51. The van der Waals surface area contributed by atoms with E-state index >= 15 is 0 Å². The third-order valence-corrected chi connectivity index (χ3v) is 4.16. The summed E-state index contributed by atoms with van der Waals surface area (Å²) in [7, 11) is 0. The highest BCUT2D eigenvalue weighted by Crippen LogP contribution is 2.09. The number of rotatable bonds is 14. The van der Waals surface area contributed by atoms with Gasteiger partial charge in [0.1, 0.15) is 5.78 Å². The Labute approximate surface area is 153 Å². The molecule has 0 aromatic heterocycles. The topological polar surface area (TPSA) is 75.3 Å². The molecule has 0 heterocycles. The van der Waals surface area contributed by atoms with Crippen molar-refractivity contribution in [1.29, 1.82) is 0 Å². The second kappa shape index (κ2) is 13.0. The van der Waals surface area contributed by atoms with E-state index in [0.29, 0.717) is 25.8 Å². The number of amides is 1. The molecule has 0 fully saturated rings. The summed E-state index contributed by atoms with van der Waals surface area (Å²) >= 11 is 0. The van der Waals surface area contributed by atoms with E-state index in [-0.39, 0.29) is 41.4 Å². The zero-order valence-corrected chi connectivity index (χ0v) is 17.0. The van der Waals surface area contributed by atoms with Crippen LogP contribution in [0.15, 0.2) is 0 Å². The maximum atomic E-state index is 12.2. The first-order valence-corrected chi connectivity index (χ1v) is 9.74. The molecule has 0 aliphatic heterocycles. The van der Waals surface area contributed by atoms with Gasteiger partial charge in [0.15, 0.2) is 5.78 Å². The van der Waals surface area contributed by atoms with Crippen LogP contribution in [0.5, 0.6) is 0 Å². The number of unbranched alkanes of at least 4 members (excludes halogenated alkanes) is 1. The predicted octanol–water partition coefficient (Wildman–Crippen LogP) is 3.26. The molecule has 2 N–H and O–H groups in total. The highest BCUT2D eigenvalue weighted by Gasteiger charge is 2.21. The van der Waals surface area contributed by atoms with Crippen molar-refractivity contribution < 1.29 is 14.4 Å². The Hall–Kier alpha value is -1.23.